The standard InChI is InChI=1S/C15H22N2O3/c1-11-7-12(16-15(18)20-3)10-17(9-11)13-5-4-6-14(8-13)19-2/h4-6,8,11-12H,7,9-10H2,1-3H3,(H,16,18). The summed E-state index contributed by atoms with van der Waals surface area (Å²) in [7, 11) is 3.06. The van der Waals surface area contributed by atoms with Gasteiger partial charge in [-0.1, -0.05) is 13.0 Å². The number of anilines is 1. The van der Waals surface area contributed by atoms with E-state index in [9.17, 15) is 4.79 Å². The van der Waals surface area contributed by atoms with Gasteiger partial charge in [0.05, 0.1) is 14.2 Å². The van der Waals surface area contributed by atoms with Crippen molar-refractivity contribution in [3.8, 4) is 5.75 Å². The molecule has 1 fully saturated rings. The third-order valence-electron chi connectivity index (χ3n) is 3.59. The van der Waals surface area contributed by atoms with Gasteiger partial charge in [-0.2, -0.15) is 0 Å². The summed E-state index contributed by atoms with van der Waals surface area (Å²) >= 11 is 0. The van der Waals surface area contributed by atoms with Crippen molar-refractivity contribution in [2.24, 2.45) is 5.92 Å². The van der Waals surface area contributed by atoms with Crippen LogP contribution in [0.15, 0.2) is 24.3 Å². The summed E-state index contributed by atoms with van der Waals surface area (Å²) in [6.07, 6.45) is 0.602. The minimum atomic E-state index is -0.366. The molecular formula is C15H22N2O3. The van der Waals surface area contributed by atoms with Crippen LogP contribution in [0.2, 0.25) is 0 Å². The van der Waals surface area contributed by atoms with Crippen LogP contribution in [-0.2, 0) is 4.74 Å². The van der Waals surface area contributed by atoms with E-state index in [0.29, 0.717) is 5.92 Å². The summed E-state index contributed by atoms with van der Waals surface area (Å²) in [6, 6.07) is 8.11. The second kappa shape index (κ2) is 6.50. The normalized spacial score (nSPS) is 22.2. The van der Waals surface area contributed by atoms with Crippen molar-refractivity contribution in [2.75, 3.05) is 32.2 Å². The molecular weight excluding hydrogens is 256 g/mol. The van der Waals surface area contributed by atoms with Gasteiger partial charge in [0.15, 0.2) is 0 Å². The number of alkyl carbamates (subject to hydrolysis) is 1. The van der Waals surface area contributed by atoms with E-state index in [4.69, 9.17) is 4.74 Å². The molecule has 5 heteroatoms. The molecule has 0 bridgehead atoms. The second-order valence-corrected chi connectivity index (χ2v) is 5.28. The Hall–Kier alpha value is -1.91. The highest BCUT2D eigenvalue weighted by molar-refractivity contribution is 5.67. The third-order valence-corrected chi connectivity index (χ3v) is 3.59. The van der Waals surface area contributed by atoms with Crippen LogP contribution in [-0.4, -0.2) is 39.4 Å². The Morgan fingerprint density at radius 2 is 2.15 bits per heavy atom. The number of carbonyl (C=O) groups excluding carboxylic acids is 1. The van der Waals surface area contributed by atoms with Gasteiger partial charge >= 0.3 is 6.09 Å². The Bertz CT molecular complexity index is 464. The summed E-state index contributed by atoms with van der Waals surface area (Å²) in [5.41, 5.74) is 1.12. The molecule has 20 heavy (non-hydrogen) atoms. The molecule has 0 saturated carbocycles. The van der Waals surface area contributed by atoms with Crippen LogP contribution in [0.1, 0.15) is 13.3 Å². The monoisotopic (exact) mass is 278 g/mol. The van der Waals surface area contributed by atoms with Gasteiger partial charge < -0.3 is 19.7 Å². The van der Waals surface area contributed by atoms with Gasteiger partial charge in [0.25, 0.3) is 0 Å². The molecule has 1 N–H and O–H groups in total. The van der Waals surface area contributed by atoms with Crippen molar-refractivity contribution in [1.82, 2.24) is 5.32 Å². The van der Waals surface area contributed by atoms with E-state index in [-0.39, 0.29) is 12.1 Å². The zero-order valence-corrected chi connectivity index (χ0v) is 12.3. The first-order chi connectivity index (χ1) is 9.62. The smallest absolute Gasteiger partial charge is 0.407 e. The molecule has 1 heterocycles. The van der Waals surface area contributed by atoms with Gasteiger partial charge in [-0.05, 0) is 24.5 Å². The van der Waals surface area contributed by atoms with E-state index in [1.807, 2.05) is 18.2 Å². The molecule has 1 aliphatic heterocycles. The summed E-state index contributed by atoms with van der Waals surface area (Å²) in [5.74, 6) is 1.36. The number of hydrogen-bond acceptors (Lipinski definition) is 4. The van der Waals surface area contributed by atoms with Crippen molar-refractivity contribution in [3.63, 3.8) is 0 Å². The fraction of sp³-hybridized carbons (Fsp3) is 0.533. The van der Waals surface area contributed by atoms with Gasteiger partial charge in [0, 0.05) is 30.9 Å². The molecule has 5 nitrogen and oxygen atoms in total. The van der Waals surface area contributed by atoms with Gasteiger partial charge in [0.2, 0.25) is 0 Å². The zero-order chi connectivity index (χ0) is 14.5. The van der Waals surface area contributed by atoms with Gasteiger partial charge in [0.1, 0.15) is 5.75 Å². The van der Waals surface area contributed by atoms with Gasteiger partial charge in [-0.25, -0.2) is 4.79 Å². The van der Waals surface area contributed by atoms with Crippen LogP contribution in [0.4, 0.5) is 10.5 Å². The Kier molecular flexibility index (Phi) is 4.71. The lowest BCUT2D eigenvalue weighted by atomic mass is 9.95. The lowest BCUT2D eigenvalue weighted by Gasteiger charge is -2.38. The van der Waals surface area contributed by atoms with E-state index in [0.717, 1.165) is 30.9 Å². The number of piperidine rings is 1. The Labute approximate surface area is 119 Å². The number of benzene rings is 1. The van der Waals surface area contributed by atoms with Crippen molar-refractivity contribution in [2.45, 2.75) is 19.4 Å². The van der Waals surface area contributed by atoms with E-state index in [2.05, 4.69) is 27.9 Å². The zero-order valence-electron chi connectivity index (χ0n) is 12.3. The molecule has 2 rings (SSSR count). The molecule has 0 spiro atoms. The number of nitrogens with zero attached hydrogens (tertiary/aromatic N) is 1. The van der Waals surface area contributed by atoms with Crippen molar-refractivity contribution in [1.29, 1.82) is 0 Å². The number of rotatable bonds is 3. The molecule has 0 aromatic heterocycles. The highest BCUT2D eigenvalue weighted by Gasteiger charge is 2.26. The average molecular weight is 278 g/mol. The van der Waals surface area contributed by atoms with Crippen LogP contribution in [0.25, 0.3) is 0 Å². The lowest BCUT2D eigenvalue weighted by molar-refractivity contribution is 0.163. The maximum atomic E-state index is 11.4. The van der Waals surface area contributed by atoms with Crippen LogP contribution >= 0.6 is 0 Å². The Morgan fingerprint density at radius 3 is 2.85 bits per heavy atom. The van der Waals surface area contributed by atoms with Gasteiger partial charge in [-0.15, -0.1) is 0 Å². The second-order valence-electron chi connectivity index (χ2n) is 5.28. The molecule has 110 valence electrons. The maximum absolute atomic E-state index is 11.4. The number of carbonyl (C=O) groups is 1. The minimum absolute atomic E-state index is 0.109. The number of ether oxygens (including phenoxy) is 2. The molecule has 2 atom stereocenters. The first kappa shape index (κ1) is 14.5. The van der Waals surface area contributed by atoms with Crippen molar-refractivity contribution in [3.05, 3.63) is 24.3 Å². The molecule has 1 saturated heterocycles. The predicted octanol–water partition coefficient (Wildman–Crippen LogP) is 2.27. The van der Waals surface area contributed by atoms with E-state index in [1.54, 1.807) is 7.11 Å². The largest absolute Gasteiger partial charge is 0.497 e. The minimum Gasteiger partial charge on any atom is -0.497 e. The highest BCUT2D eigenvalue weighted by atomic mass is 16.5. The average Bonchev–Trinajstić information content (AvgIpc) is 2.46. The molecule has 0 radical (unpaired) electrons. The lowest BCUT2D eigenvalue weighted by Crippen LogP contribution is -2.50. The topological polar surface area (TPSA) is 50.8 Å². The first-order valence-corrected chi connectivity index (χ1v) is 6.86. The maximum Gasteiger partial charge on any atom is 0.407 e. The molecule has 1 aromatic rings. The number of amides is 1. The van der Waals surface area contributed by atoms with Crippen LogP contribution in [0, 0.1) is 5.92 Å². The number of hydrogen-bond donors (Lipinski definition) is 1. The fourth-order valence-corrected chi connectivity index (χ4v) is 2.70. The summed E-state index contributed by atoms with van der Waals surface area (Å²) in [5, 5.41) is 2.89. The van der Waals surface area contributed by atoms with E-state index < -0.39 is 0 Å². The third kappa shape index (κ3) is 3.56. The number of methoxy groups -OCH3 is 2. The van der Waals surface area contributed by atoms with Crippen molar-refractivity contribution >= 4 is 11.8 Å². The summed E-state index contributed by atoms with van der Waals surface area (Å²) < 4.78 is 9.94. The van der Waals surface area contributed by atoms with Crippen LogP contribution in [0.3, 0.4) is 0 Å². The quantitative estimate of drug-likeness (QED) is 0.921. The molecule has 1 aliphatic rings. The summed E-state index contributed by atoms with van der Waals surface area (Å²) in [4.78, 5) is 13.6. The molecule has 1 amide bonds. The highest BCUT2D eigenvalue weighted by Crippen LogP contribution is 2.26. The summed E-state index contributed by atoms with van der Waals surface area (Å²) in [6.45, 7) is 3.96. The van der Waals surface area contributed by atoms with Gasteiger partial charge in [-0.3, -0.25) is 0 Å². The molecule has 0 aliphatic carbocycles. The predicted molar refractivity (Wildman–Crippen MR) is 78.3 cm³/mol. The molecule has 1 aromatic carbocycles. The Balaban J connectivity index is 2.08. The SMILES string of the molecule is COC(=O)NC1CC(C)CN(c2cccc(OC)c2)C1. The Morgan fingerprint density at radius 1 is 1.35 bits per heavy atom. The first-order valence-electron chi connectivity index (χ1n) is 6.86. The number of nitrogens with one attached hydrogen (secondary N) is 1. The van der Waals surface area contributed by atoms with Crippen LogP contribution in [0.5, 0.6) is 5.75 Å². The van der Waals surface area contributed by atoms with Crippen molar-refractivity contribution < 1.29 is 14.3 Å². The van der Waals surface area contributed by atoms with E-state index in [1.165, 1.54) is 7.11 Å². The molecule has 2 unspecified atom stereocenters. The fourth-order valence-electron chi connectivity index (χ4n) is 2.70. The van der Waals surface area contributed by atoms with E-state index >= 15 is 0 Å². The van der Waals surface area contributed by atoms with Crippen LogP contribution < -0.4 is 15.0 Å².